The summed E-state index contributed by atoms with van der Waals surface area (Å²) in [7, 11) is 0. The molecule has 7 nitrogen and oxygen atoms in total. The highest BCUT2D eigenvalue weighted by molar-refractivity contribution is 5.90. The molecule has 37 heavy (non-hydrogen) atoms. The Kier molecular flexibility index (Phi) is 11.1. The summed E-state index contributed by atoms with van der Waals surface area (Å²) in [6, 6.07) is 8.60. The van der Waals surface area contributed by atoms with Gasteiger partial charge in [-0.1, -0.05) is 26.3 Å². The average molecular weight is 512 g/mol. The molecule has 0 unspecified atom stereocenters. The van der Waals surface area contributed by atoms with Crippen LogP contribution >= 0.6 is 0 Å². The van der Waals surface area contributed by atoms with Crippen LogP contribution in [0.4, 0.5) is 30.6 Å². The smallest absolute Gasteiger partial charge is 0.319 e. The van der Waals surface area contributed by atoms with Gasteiger partial charge in [-0.3, -0.25) is 4.99 Å². The van der Waals surface area contributed by atoms with Crippen molar-refractivity contribution in [3.8, 4) is 11.8 Å². The van der Waals surface area contributed by atoms with Crippen LogP contribution in [0.25, 0.3) is 5.70 Å². The second-order valence-electron chi connectivity index (χ2n) is 9.17. The standard InChI is InChI=1S/C28H35F2N5O2/c1-6-8-9-14-37-21-16-23(30)26(25(17-21)32-7-2)19(3)34-24-11-10-20(15-22(24)29)35-27(36)33-13-12-28(4,5)18-31/h7,10-11,15-17,34H,3,6,8-9,12-14H2,1-2,4-5H3,(H2,33,35,36). The molecular weight excluding hydrogens is 476 g/mol. The van der Waals surface area contributed by atoms with Gasteiger partial charge in [0.05, 0.1) is 35.0 Å². The zero-order chi connectivity index (χ0) is 27.4. The number of hydrogen-bond donors (Lipinski definition) is 3. The molecule has 0 aliphatic carbocycles. The van der Waals surface area contributed by atoms with E-state index in [0.29, 0.717) is 31.0 Å². The highest BCUT2D eigenvalue weighted by Crippen LogP contribution is 2.34. The molecule has 0 bridgehead atoms. The second kappa shape index (κ2) is 14.0. The van der Waals surface area contributed by atoms with Crippen molar-refractivity contribution in [2.45, 2.75) is 53.4 Å². The number of amides is 2. The van der Waals surface area contributed by atoms with Gasteiger partial charge in [-0.05, 0) is 51.8 Å². The topological polar surface area (TPSA) is 98.5 Å². The molecule has 2 amide bonds. The summed E-state index contributed by atoms with van der Waals surface area (Å²) in [5.41, 5.74) is 0.253. The number of carbonyl (C=O) groups excluding carboxylic acids is 1. The van der Waals surface area contributed by atoms with Crippen LogP contribution < -0.4 is 20.7 Å². The van der Waals surface area contributed by atoms with Crippen LogP contribution in [-0.4, -0.2) is 25.4 Å². The van der Waals surface area contributed by atoms with Gasteiger partial charge in [0.25, 0.3) is 0 Å². The third-order valence-electron chi connectivity index (χ3n) is 5.48. The molecule has 0 aliphatic heterocycles. The van der Waals surface area contributed by atoms with Gasteiger partial charge >= 0.3 is 6.03 Å². The zero-order valence-electron chi connectivity index (χ0n) is 21.9. The first-order valence-corrected chi connectivity index (χ1v) is 12.3. The minimum absolute atomic E-state index is 0.0532. The summed E-state index contributed by atoms with van der Waals surface area (Å²) < 4.78 is 35.5. The SMILES string of the molecule is C=C(Nc1ccc(NC(=O)NCCC(C)(C)C#N)cc1F)c1c(F)cc(OCCCCC)cc1N=CC. The number of benzene rings is 2. The van der Waals surface area contributed by atoms with Gasteiger partial charge in [-0.25, -0.2) is 13.6 Å². The Labute approximate surface area is 217 Å². The van der Waals surface area contributed by atoms with Crippen LogP contribution in [0.5, 0.6) is 5.75 Å². The van der Waals surface area contributed by atoms with E-state index >= 15 is 4.39 Å². The lowest BCUT2D eigenvalue weighted by molar-refractivity contribution is 0.251. The van der Waals surface area contributed by atoms with E-state index in [1.807, 2.05) is 0 Å². The van der Waals surface area contributed by atoms with Gasteiger partial charge in [-0.2, -0.15) is 5.26 Å². The van der Waals surface area contributed by atoms with Gasteiger partial charge in [0.1, 0.15) is 17.4 Å². The van der Waals surface area contributed by atoms with Crippen molar-refractivity contribution >= 4 is 35.0 Å². The molecule has 0 fully saturated rings. The molecule has 0 aliphatic rings. The maximum Gasteiger partial charge on any atom is 0.319 e. The minimum atomic E-state index is -0.665. The molecule has 0 saturated heterocycles. The maximum atomic E-state index is 15.0. The Morgan fingerprint density at radius 1 is 1.19 bits per heavy atom. The lowest BCUT2D eigenvalue weighted by Crippen LogP contribution is -2.31. The number of nitrogens with zero attached hydrogens (tertiary/aromatic N) is 2. The highest BCUT2D eigenvalue weighted by atomic mass is 19.1. The van der Waals surface area contributed by atoms with Crippen LogP contribution in [-0.2, 0) is 0 Å². The molecular formula is C28H35F2N5O2. The van der Waals surface area contributed by atoms with Crippen molar-refractivity contribution in [2.75, 3.05) is 23.8 Å². The van der Waals surface area contributed by atoms with E-state index in [4.69, 9.17) is 10.00 Å². The van der Waals surface area contributed by atoms with Crippen molar-refractivity contribution < 1.29 is 18.3 Å². The maximum absolute atomic E-state index is 15.0. The number of nitrogens with one attached hydrogen (secondary N) is 3. The zero-order valence-corrected chi connectivity index (χ0v) is 21.9. The predicted molar refractivity (Wildman–Crippen MR) is 145 cm³/mol. The van der Waals surface area contributed by atoms with Crippen molar-refractivity contribution in [1.29, 1.82) is 5.26 Å². The van der Waals surface area contributed by atoms with Crippen LogP contribution in [0, 0.1) is 28.4 Å². The van der Waals surface area contributed by atoms with Gasteiger partial charge in [0, 0.05) is 36.3 Å². The molecule has 3 N–H and O–H groups in total. The molecule has 0 atom stereocenters. The Balaban J connectivity index is 2.09. The lowest BCUT2D eigenvalue weighted by atomic mass is 9.92. The van der Waals surface area contributed by atoms with E-state index in [2.05, 4.69) is 40.5 Å². The quantitative estimate of drug-likeness (QED) is 0.193. The molecule has 0 saturated carbocycles. The van der Waals surface area contributed by atoms with E-state index in [0.717, 1.165) is 25.3 Å². The second-order valence-corrected chi connectivity index (χ2v) is 9.17. The molecule has 9 heteroatoms. The summed E-state index contributed by atoms with van der Waals surface area (Å²) in [5, 5.41) is 17.0. The fourth-order valence-electron chi connectivity index (χ4n) is 3.37. The fraction of sp³-hybridized carbons (Fsp3) is 0.393. The number of unbranched alkanes of at least 4 members (excludes halogenated alkanes) is 2. The normalized spacial score (nSPS) is 11.2. The molecule has 0 aromatic heterocycles. The number of urea groups is 1. The Morgan fingerprint density at radius 2 is 1.95 bits per heavy atom. The predicted octanol–water partition coefficient (Wildman–Crippen LogP) is 7.40. The summed E-state index contributed by atoms with van der Waals surface area (Å²) in [6.45, 7) is 12.0. The third-order valence-corrected chi connectivity index (χ3v) is 5.48. The van der Waals surface area contributed by atoms with Crippen LogP contribution in [0.3, 0.4) is 0 Å². The highest BCUT2D eigenvalue weighted by Gasteiger charge is 2.18. The minimum Gasteiger partial charge on any atom is -0.493 e. The van der Waals surface area contributed by atoms with Crippen molar-refractivity contribution in [3.63, 3.8) is 0 Å². The first-order chi connectivity index (χ1) is 17.6. The number of ether oxygens (including phenoxy) is 1. The molecule has 0 radical (unpaired) electrons. The van der Waals surface area contributed by atoms with E-state index < -0.39 is 23.1 Å². The first kappa shape index (κ1) is 29.3. The third kappa shape index (κ3) is 9.22. The molecule has 2 aromatic carbocycles. The van der Waals surface area contributed by atoms with Gasteiger partial charge < -0.3 is 20.7 Å². The number of hydrogen-bond acceptors (Lipinski definition) is 5. The van der Waals surface area contributed by atoms with Crippen molar-refractivity contribution in [1.82, 2.24) is 5.32 Å². The summed E-state index contributed by atoms with van der Waals surface area (Å²) >= 11 is 0. The molecule has 2 aromatic rings. The van der Waals surface area contributed by atoms with Gasteiger partial charge in [-0.15, -0.1) is 0 Å². The lowest BCUT2D eigenvalue weighted by Gasteiger charge is -2.17. The number of nitriles is 1. The largest absolute Gasteiger partial charge is 0.493 e. The van der Waals surface area contributed by atoms with E-state index in [1.165, 1.54) is 24.4 Å². The number of rotatable bonds is 13. The summed E-state index contributed by atoms with van der Waals surface area (Å²) in [6.07, 6.45) is 4.94. The van der Waals surface area contributed by atoms with E-state index in [-0.39, 0.29) is 22.6 Å². The van der Waals surface area contributed by atoms with Crippen LogP contribution in [0.15, 0.2) is 41.9 Å². The van der Waals surface area contributed by atoms with Crippen molar-refractivity contribution in [3.05, 3.63) is 54.1 Å². The number of aliphatic imine (C=N–C) groups is 1. The Hall–Kier alpha value is -3.93. The van der Waals surface area contributed by atoms with E-state index in [9.17, 15) is 9.18 Å². The summed E-state index contributed by atoms with van der Waals surface area (Å²) in [4.78, 5) is 16.3. The van der Waals surface area contributed by atoms with Gasteiger partial charge in [0.15, 0.2) is 0 Å². The number of halogens is 2. The summed E-state index contributed by atoms with van der Waals surface area (Å²) in [5.74, 6) is -0.899. The van der Waals surface area contributed by atoms with Crippen LogP contribution in [0.1, 0.15) is 58.9 Å². The average Bonchev–Trinajstić information content (AvgIpc) is 2.83. The van der Waals surface area contributed by atoms with Crippen LogP contribution in [0.2, 0.25) is 0 Å². The monoisotopic (exact) mass is 511 g/mol. The van der Waals surface area contributed by atoms with Gasteiger partial charge in [0.2, 0.25) is 0 Å². The van der Waals surface area contributed by atoms with E-state index in [1.54, 1.807) is 26.8 Å². The van der Waals surface area contributed by atoms with Crippen molar-refractivity contribution in [2.24, 2.45) is 10.4 Å². The number of carbonyl (C=O) groups is 1. The first-order valence-electron chi connectivity index (χ1n) is 12.3. The molecule has 198 valence electrons. The molecule has 0 spiro atoms. The molecule has 2 rings (SSSR count). The number of anilines is 2. The fourth-order valence-corrected chi connectivity index (χ4v) is 3.37. The Bertz CT molecular complexity index is 1170. The molecule has 0 heterocycles. The Morgan fingerprint density at radius 3 is 2.59 bits per heavy atom.